The van der Waals surface area contributed by atoms with Crippen LogP contribution in [0.4, 0.5) is 14.9 Å². The SMILES string of the molecule is [B]C(=O)N(CC)c1cc(O)c2c(c1)/C=C/C[C@@H]1OC(C)(C)O[C@@H]1C(=O)/C(F)=C\[C@@H](C)[C@H](C)OC2=O. The molecule has 1 amide bonds. The summed E-state index contributed by atoms with van der Waals surface area (Å²) in [6.07, 6.45) is 1.61. The lowest BCUT2D eigenvalue weighted by Crippen LogP contribution is -2.32. The van der Waals surface area contributed by atoms with E-state index in [9.17, 15) is 23.9 Å². The third-order valence-electron chi connectivity index (χ3n) is 6.02. The van der Waals surface area contributed by atoms with Crippen molar-refractivity contribution in [3.05, 3.63) is 41.2 Å². The average Bonchev–Trinajstić information content (AvgIpc) is 3.06. The fraction of sp³-hybridized carbons (Fsp3) is 0.480. The number of halogens is 1. The first-order valence-corrected chi connectivity index (χ1v) is 11.4. The molecule has 1 aromatic rings. The standard InChI is InChI=1S/C25H29BFNO7/c1-6-28(24(26)32)16-11-15-8-7-9-19-22(35-25(4,5)34-19)21(30)17(27)10-13(2)14(3)33-23(31)20(15)18(29)12-16/h7-8,10-14,19,22,29H,6,9H2,1-5H3/b8-7+,17-10+/t13-,14+,19+,22+/m1/s1. The minimum absolute atomic E-state index is 0.123. The molecule has 1 N–H and O–H groups in total. The molecule has 0 bridgehead atoms. The van der Waals surface area contributed by atoms with Crippen LogP contribution in [0.1, 0.15) is 57.0 Å². The van der Waals surface area contributed by atoms with Crippen LogP contribution in [-0.4, -0.2) is 61.2 Å². The van der Waals surface area contributed by atoms with Gasteiger partial charge in [0.2, 0.25) is 13.6 Å². The van der Waals surface area contributed by atoms with E-state index in [1.807, 2.05) is 0 Å². The highest BCUT2D eigenvalue weighted by molar-refractivity contribution is 6.60. The second kappa shape index (κ2) is 10.3. The van der Waals surface area contributed by atoms with Crippen LogP contribution in [-0.2, 0) is 19.0 Å². The first-order valence-electron chi connectivity index (χ1n) is 11.4. The van der Waals surface area contributed by atoms with Crippen molar-refractivity contribution in [3.8, 4) is 5.75 Å². The summed E-state index contributed by atoms with van der Waals surface area (Å²) in [7, 11) is 5.44. The largest absolute Gasteiger partial charge is 0.507 e. The van der Waals surface area contributed by atoms with Crippen LogP contribution in [0.2, 0.25) is 0 Å². The van der Waals surface area contributed by atoms with Gasteiger partial charge in [-0.2, -0.15) is 0 Å². The number of aromatic hydroxyl groups is 1. The van der Waals surface area contributed by atoms with E-state index in [1.165, 1.54) is 23.1 Å². The second-order valence-electron chi connectivity index (χ2n) is 9.09. The third kappa shape index (κ3) is 5.82. The van der Waals surface area contributed by atoms with Gasteiger partial charge in [-0.05, 0) is 51.8 Å². The Hall–Kier alpha value is -2.98. The third-order valence-corrected chi connectivity index (χ3v) is 6.02. The minimum atomic E-state index is -1.16. The van der Waals surface area contributed by atoms with Crippen molar-refractivity contribution in [3.63, 3.8) is 0 Å². The van der Waals surface area contributed by atoms with Crippen molar-refractivity contribution in [2.75, 3.05) is 11.4 Å². The molecule has 2 heterocycles. The van der Waals surface area contributed by atoms with E-state index in [-0.39, 0.29) is 29.8 Å². The maximum Gasteiger partial charge on any atom is 0.342 e. The molecule has 2 aliphatic rings. The quantitative estimate of drug-likeness (QED) is 0.498. The van der Waals surface area contributed by atoms with Gasteiger partial charge >= 0.3 is 5.97 Å². The van der Waals surface area contributed by atoms with Gasteiger partial charge in [0, 0.05) is 24.2 Å². The van der Waals surface area contributed by atoms with Crippen LogP contribution in [0.5, 0.6) is 5.75 Å². The number of carbonyl (C=O) groups is 3. The first-order chi connectivity index (χ1) is 16.3. The Bertz CT molecular complexity index is 1080. The number of ketones is 1. The van der Waals surface area contributed by atoms with Gasteiger partial charge in [0.1, 0.15) is 17.4 Å². The molecule has 8 nitrogen and oxygen atoms in total. The number of nitrogens with zero attached hydrogens (tertiary/aromatic N) is 1. The maximum absolute atomic E-state index is 14.8. The van der Waals surface area contributed by atoms with Crippen LogP contribution < -0.4 is 4.90 Å². The lowest BCUT2D eigenvalue weighted by Gasteiger charge is -2.23. The highest BCUT2D eigenvalue weighted by Crippen LogP contribution is 2.35. The van der Waals surface area contributed by atoms with Gasteiger partial charge < -0.3 is 24.2 Å². The predicted molar refractivity (Wildman–Crippen MR) is 128 cm³/mol. The molecule has 2 radical (unpaired) electrons. The first kappa shape index (κ1) is 26.6. The van der Waals surface area contributed by atoms with E-state index in [1.54, 1.807) is 40.7 Å². The fourth-order valence-electron chi connectivity index (χ4n) is 4.09. The molecule has 1 fully saturated rings. The van der Waals surface area contributed by atoms with E-state index in [2.05, 4.69) is 0 Å². The van der Waals surface area contributed by atoms with Crippen molar-refractivity contribution < 1.29 is 38.1 Å². The topological polar surface area (TPSA) is 102 Å². The number of fused-ring (bicyclic) bond motifs is 2. The Kier molecular flexibility index (Phi) is 7.86. The zero-order valence-electron chi connectivity index (χ0n) is 20.4. The summed E-state index contributed by atoms with van der Waals surface area (Å²) >= 11 is 0. The number of hydrogen-bond donors (Lipinski definition) is 1. The van der Waals surface area contributed by atoms with E-state index >= 15 is 0 Å². The molecular weight excluding hydrogens is 456 g/mol. The minimum Gasteiger partial charge on any atom is -0.507 e. The van der Waals surface area contributed by atoms with Gasteiger partial charge in [-0.15, -0.1) is 0 Å². The molecule has 1 saturated heterocycles. The molecule has 0 saturated carbocycles. The molecule has 1 aromatic carbocycles. The van der Waals surface area contributed by atoms with Gasteiger partial charge in [-0.1, -0.05) is 19.1 Å². The van der Waals surface area contributed by atoms with Gasteiger partial charge in [0.25, 0.3) is 0 Å². The summed E-state index contributed by atoms with van der Waals surface area (Å²) in [4.78, 5) is 38.9. The van der Waals surface area contributed by atoms with Crippen molar-refractivity contribution in [1.29, 1.82) is 0 Å². The number of carbonyl (C=O) groups excluding carboxylic acids is 3. The van der Waals surface area contributed by atoms with Crippen LogP contribution in [0.15, 0.2) is 30.1 Å². The monoisotopic (exact) mass is 485 g/mol. The summed E-state index contributed by atoms with van der Waals surface area (Å²) in [6, 6.07) is 2.78. The number of esters is 1. The van der Waals surface area contributed by atoms with Gasteiger partial charge in [0.15, 0.2) is 23.5 Å². The van der Waals surface area contributed by atoms with Crippen molar-refractivity contribution in [1.82, 2.24) is 0 Å². The molecular formula is C25H29BFNO7. The zero-order chi connectivity index (χ0) is 26.1. The Morgan fingerprint density at radius 2 is 1.94 bits per heavy atom. The van der Waals surface area contributed by atoms with Crippen molar-refractivity contribution in [2.45, 2.75) is 65.1 Å². The van der Waals surface area contributed by atoms with E-state index < -0.39 is 59.2 Å². The number of anilines is 1. The summed E-state index contributed by atoms with van der Waals surface area (Å²) in [5, 5.41) is 10.7. The molecule has 186 valence electrons. The summed E-state index contributed by atoms with van der Waals surface area (Å²) in [6.45, 7) is 8.36. The van der Waals surface area contributed by atoms with E-state index in [4.69, 9.17) is 22.1 Å². The maximum atomic E-state index is 14.8. The number of Topliss-reactive ketones (excluding diaryl/α,β-unsaturated/α-hetero) is 1. The number of benzene rings is 1. The number of ether oxygens (including phenoxy) is 3. The van der Waals surface area contributed by atoms with Crippen molar-refractivity contribution >= 4 is 37.2 Å². The zero-order valence-corrected chi connectivity index (χ0v) is 20.4. The number of amides is 1. The smallest absolute Gasteiger partial charge is 0.342 e. The number of rotatable bonds is 2. The lowest BCUT2D eigenvalue weighted by atomic mass is 9.98. The van der Waals surface area contributed by atoms with Crippen LogP contribution in [0.3, 0.4) is 0 Å². The highest BCUT2D eigenvalue weighted by atomic mass is 19.1. The lowest BCUT2D eigenvalue weighted by molar-refractivity contribution is -0.153. The van der Waals surface area contributed by atoms with Gasteiger partial charge in [0.05, 0.1) is 6.10 Å². The molecule has 2 aliphatic heterocycles. The Morgan fingerprint density at radius 3 is 2.57 bits per heavy atom. The molecule has 3 rings (SSSR count). The molecule has 0 spiro atoms. The van der Waals surface area contributed by atoms with Gasteiger partial charge in [-0.3, -0.25) is 9.59 Å². The van der Waals surface area contributed by atoms with Gasteiger partial charge in [-0.25, -0.2) is 9.18 Å². The Balaban J connectivity index is 2.12. The molecule has 35 heavy (non-hydrogen) atoms. The molecule has 0 aromatic heterocycles. The fourth-order valence-corrected chi connectivity index (χ4v) is 4.09. The molecule has 10 heteroatoms. The summed E-state index contributed by atoms with van der Waals surface area (Å²) in [5.74, 6) is -5.59. The van der Waals surface area contributed by atoms with E-state index in [0.717, 1.165) is 6.08 Å². The summed E-state index contributed by atoms with van der Waals surface area (Å²) < 4.78 is 31.8. The molecule has 4 atom stereocenters. The Morgan fingerprint density at radius 1 is 1.26 bits per heavy atom. The summed E-state index contributed by atoms with van der Waals surface area (Å²) in [5.41, 5.74) is 0.433. The van der Waals surface area contributed by atoms with Crippen molar-refractivity contribution in [2.24, 2.45) is 5.92 Å². The number of phenols is 1. The number of phenolic OH excluding ortho intramolecular Hbond substituents is 1. The van der Waals surface area contributed by atoms with Crippen LogP contribution in [0, 0.1) is 5.92 Å². The normalized spacial score (nSPS) is 29.1. The van der Waals surface area contributed by atoms with E-state index in [0.29, 0.717) is 0 Å². The number of cyclic esters (lactones) is 1. The highest BCUT2D eigenvalue weighted by Gasteiger charge is 2.45. The second-order valence-corrected chi connectivity index (χ2v) is 9.09. The molecule has 0 aliphatic carbocycles. The molecule has 0 unspecified atom stereocenters. The Labute approximate surface area is 205 Å². The van der Waals surface area contributed by atoms with Crippen LogP contribution >= 0.6 is 0 Å². The average molecular weight is 485 g/mol. The number of hydrogen-bond acceptors (Lipinski definition) is 7. The predicted octanol–water partition coefficient (Wildman–Crippen LogP) is 4.05. The van der Waals surface area contributed by atoms with Crippen LogP contribution in [0.25, 0.3) is 6.08 Å².